The highest BCUT2D eigenvalue weighted by Crippen LogP contribution is 2.09. The maximum Gasteiger partial charge on any atom is 0.390 e. The van der Waals surface area contributed by atoms with Gasteiger partial charge in [0.2, 0.25) is 5.78 Å². The molecule has 0 fully saturated rings. The summed E-state index contributed by atoms with van der Waals surface area (Å²) in [5.74, 6) is -2.73. The van der Waals surface area contributed by atoms with Crippen LogP contribution in [-0.4, -0.2) is 27.3 Å². The Balaban J connectivity index is 4.99. The third kappa shape index (κ3) is 1.34. The molecule has 0 saturated carbocycles. The molecule has 1 unspecified atom stereocenters. The molecule has 0 aromatic rings. The number of carboxylic acids is 1. The summed E-state index contributed by atoms with van der Waals surface area (Å²) >= 11 is 0. The van der Waals surface area contributed by atoms with E-state index in [2.05, 4.69) is 0 Å². The Morgan fingerprint density at radius 2 is 1.91 bits per heavy atom. The summed E-state index contributed by atoms with van der Waals surface area (Å²) in [7, 11) is 0. The number of hydrogen-bond donors (Lipinski definition) is 1. The third-order valence-corrected chi connectivity index (χ3v) is 1.47. The lowest BCUT2D eigenvalue weighted by molar-refractivity contribution is -0.533. The highest BCUT2D eigenvalue weighted by Gasteiger charge is 2.51. The molecule has 1 N–H and O–H groups in total. The van der Waals surface area contributed by atoms with Gasteiger partial charge in [0.15, 0.2) is 0 Å². The molecule has 1 atom stereocenters. The van der Waals surface area contributed by atoms with Crippen molar-refractivity contribution in [1.82, 2.24) is 0 Å². The molecule has 0 aromatic heterocycles. The van der Waals surface area contributed by atoms with E-state index in [9.17, 15) is 19.7 Å². The van der Waals surface area contributed by atoms with Crippen LogP contribution < -0.4 is 0 Å². The number of hydrogen-bond acceptors (Lipinski definition) is 4. The van der Waals surface area contributed by atoms with Crippen molar-refractivity contribution in [2.75, 3.05) is 0 Å². The van der Waals surface area contributed by atoms with Crippen LogP contribution >= 0.6 is 0 Å². The molecule has 0 amide bonds. The molecule has 0 aliphatic rings. The molecule has 62 valence electrons. The molecule has 0 aliphatic heterocycles. The minimum absolute atomic E-state index is 0.762. The van der Waals surface area contributed by atoms with E-state index in [1.165, 1.54) is 0 Å². The maximum absolute atomic E-state index is 10.5. The largest absolute Gasteiger partial charge is 0.476 e. The van der Waals surface area contributed by atoms with Crippen molar-refractivity contribution in [3.8, 4) is 0 Å². The van der Waals surface area contributed by atoms with Crippen molar-refractivity contribution in [3.63, 3.8) is 0 Å². The fourth-order valence-corrected chi connectivity index (χ4v) is 0.357. The smallest absolute Gasteiger partial charge is 0.390 e. The summed E-state index contributed by atoms with van der Waals surface area (Å²) < 4.78 is 0. The number of carbonyl (C=O) groups is 2. The van der Waals surface area contributed by atoms with Gasteiger partial charge in [0.25, 0.3) is 0 Å². The second-order valence-corrected chi connectivity index (χ2v) is 2.19. The van der Waals surface area contributed by atoms with Crippen molar-refractivity contribution in [3.05, 3.63) is 10.1 Å². The van der Waals surface area contributed by atoms with E-state index in [-0.39, 0.29) is 0 Å². The van der Waals surface area contributed by atoms with Crippen LogP contribution in [0.2, 0.25) is 0 Å². The zero-order valence-electron chi connectivity index (χ0n) is 6.03. The molecule has 0 rings (SSSR count). The zero-order chi connectivity index (χ0) is 9.23. The number of rotatable bonds is 3. The lowest BCUT2D eigenvalue weighted by Gasteiger charge is -2.10. The van der Waals surface area contributed by atoms with Crippen molar-refractivity contribution >= 4 is 11.8 Å². The Morgan fingerprint density at radius 1 is 1.55 bits per heavy atom. The number of ketones is 1. The highest BCUT2D eigenvalue weighted by atomic mass is 16.6. The Morgan fingerprint density at radius 3 is 1.91 bits per heavy atom. The van der Waals surface area contributed by atoms with Gasteiger partial charge < -0.3 is 5.11 Å². The number of nitro groups is 1. The van der Waals surface area contributed by atoms with Crippen LogP contribution in [0.1, 0.15) is 13.8 Å². The van der Waals surface area contributed by atoms with Crippen molar-refractivity contribution in [1.29, 1.82) is 0 Å². The van der Waals surface area contributed by atoms with Gasteiger partial charge >= 0.3 is 11.5 Å². The van der Waals surface area contributed by atoms with E-state index >= 15 is 0 Å². The first-order valence-electron chi connectivity index (χ1n) is 2.72. The average molecular weight is 161 g/mol. The summed E-state index contributed by atoms with van der Waals surface area (Å²) in [5.41, 5.74) is -2.50. The lowest BCUT2D eigenvalue weighted by atomic mass is 9.99. The summed E-state index contributed by atoms with van der Waals surface area (Å²) in [6.07, 6.45) is 0. The monoisotopic (exact) mass is 161 g/mol. The maximum atomic E-state index is 10.5. The van der Waals surface area contributed by atoms with Gasteiger partial charge in [0.1, 0.15) is 0 Å². The number of carbonyl (C=O) groups excluding carboxylic acids is 1. The standard InChI is InChI=1S/C5H7NO5/c1-3(7)5(2,4(8)9)6(10)11/h1-2H3,(H,8,9). The molecular formula is C5H7NO5. The molecule has 11 heavy (non-hydrogen) atoms. The van der Waals surface area contributed by atoms with E-state index in [0.29, 0.717) is 0 Å². The van der Waals surface area contributed by atoms with Crippen molar-refractivity contribution < 1.29 is 19.6 Å². The fourth-order valence-electron chi connectivity index (χ4n) is 0.357. The van der Waals surface area contributed by atoms with Crippen LogP contribution in [0.3, 0.4) is 0 Å². The molecular weight excluding hydrogens is 154 g/mol. The van der Waals surface area contributed by atoms with Gasteiger partial charge in [0, 0.05) is 18.8 Å². The third-order valence-electron chi connectivity index (χ3n) is 1.47. The topological polar surface area (TPSA) is 97.5 Å². The zero-order valence-corrected chi connectivity index (χ0v) is 6.03. The van der Waals surface area contributed by atoms with Gasteiger partial charge in [-0.05, 0) is 0 Å². The van der Waals surface area contributed by atoms with Gasteiger partial charge in [-0.3, -0.25) is 14.9 Å². The van der Waals surface area contributed by atoms with E-state index in [0.717, 1.165) is 13.8 Å². The predicted molar refractivity (Wildman–Crippen MR) is 33.7 cm³/mol. The highest BCUT2D eigenvalue weighted by molar-refractivity contribution is 6.04. The Labute approximate surface area is 62.0 Å². The first-order valence-corrected chi connectivity index (χ1v) is 2.72. The number of nitrogens with zero attached hydrogens (tertiary/aromatic N) is 1. The van der Waals surface area contributed by atoms with Gasteiger partial charge in [0.05, 0.1) is 0 Å². The molecule has 6 nitrogen and oxygen atoms in total. The van der Waals surface area contributed by atoms with Gasteiger partial charge in [-0.15, -0.1) is 0 Å². The summed E-state index contributed by atoms with van der Waals surface area (Å²) in [6, 6.07) is 0. The van der Waals surface area contributed by atoms with Crippen LogP contribution in [0.25, 0.3) is 0 Å². The minimum atomic E-state index is -2.50. The van der Waals surface area contributed by atoms with Gasteiger partial charge in [-0.25, -0.2) is 4.79 Å². The Bertz CT molecular complexity index is 185. The predicted octanol–water partition coefficient (Wildman–Crippen LogP) is -0.305. The molecule has 0 radical (unpaired) electrons. The Hall–Kier alpha value is -1.46. The molecule has 0 saturated heterocycles. The summed E-state index contributed by atoms with van der Waals surface area (Å²) in [4.78, 5) is 29.8. The Kier molecular flexibility index (Phi) is 2.30. The van der Waals surface area contributed by atoms with E-state index in [4.69, 9.17) is 5.11 Å². The van der Waals surface area contributed by atoms with Crippen LogP contribution in [0, 0.1) is 10.1 Å². The van der Waals surface area contributed by atoms with Crippen LogP contribution in [0.4, 0.5) is 0 Å². The number of Topliss-reactive ketones (excluding diaryl/α,β-unsaturated/α-hetero) is 1. The number of carboxylic acid groups (broad SMARTS) is 1. The SMILES string of the molecule is CC(=O)C(C)(C(=O)O)[N+](=O)[O-]. The summed E-state index contributed by atoms with van der Waals surface area (Å²) in [5, 5.41) is 18.4. The van der Waals surface area contributed by atoms with Gasteiger partial charge in [-0.2, -0.15) is 0 Å². The fraction of sp³-hybridized carbons (Fsp3) is 0.600. The molecule has 0 aromatic carbocycles. The molecule has 0 heterocycles. The number of aliphatic carboxylic acids is 1. The second kappa shape index (κ2) is 2.65. The first-order chi connectivity index (χ1) is 4.83. The molecule has 0 spiro atoms. The van der Waals surface area contributed by atoms with Crippen molar-refractivity contribution in [2.24, 2.45) is 0 Å². The normalized spacial score (nSPS) is 15.1. The second-order valence-electron chi connectivity index (χ2n) is 2.19. The molecule has 6 heteroatoms. The van der Waals surface area contributed by atoms with Gasteiger partial charge in [-0.1, -0.05) is 0 Å². The van der Waals surface area contributed by atoms with E-state index < -0.39 is 22.2 Å². The van der Waals surface area contributed by atoms with E-state index in [1.54, 1.807) is 0 Å². The summed E-state index contributed by atoms with van der Waals surface area (Å²) in [6.45, 7) is 1.63. The molecule has 0 bridgehead atoms. The van der Waals surface area contributed by atoms with Crippen LogP contribution in [0.5, 0.6) is 0 Å². The average Bonchev–Trinajstić information content (AvgIpc) is 1.84. The minimum Gasteiger partial charge on any atom is -0.476 e. The van der Waals surface area contributed by atoms with Crippen LogP contribution in [-0.2, 0) is 9.59 Å². The lowest BCUT2D eigenvalue weighted by Crippen LogP contribution is -2.49. The van der Waals surface area contributed by atoms with Crippen molar-refractivity contribution in [2.45, 2.75) is 19.4 Å². The van der Waals surface area contributed by atoms with E-state index in [1.807, 2.05) is 0 Å². The quantitative estimate of drug-likeness (QED) is 0.348. The first kappa shape index (κ1) is 9.54. The van der Waals surface area contributed by atoms with Crippen LogP contribution in [0.15, 0.2) is 0 Å². The molecule has 0 aliphatic carbocycles.